The lowest BCUT2D eigenvalue weighted by Gasteiger charge is -2.42. The molecule has 2 aromatic carbocycles. The van der Waals surface area contributed by atoms with Gasteiger partial charge in [-0.15, -0.1) is 0 Å². The van der Waals surface area contributed by atoms with E-state index in [1.807, 2.05) is 24.3 Å². The summed E-state index contributed by atoms with van der Waals surface area (Å²) in [5.41, 5.74) is 4.71. The number of urea groups is 1. The molecule has 4 aliphatic rings. The van der Waals surface area contributed by atoms with Gasteiger partial charge in [0.15, 0.2) is 6.10 Å². The number of nitrogens with zero attached hydrogens (tertiary/aromatic N) is 5. The molecular weight excluding hydrogens is 658 g/mol. The molecule has 1 atom stereocenters. The predicted octanol–water partition coefficient (Wildman–Crippen LogP) is 4.27. The summed E-state index contributed by atoms with van der Waals surface area (Å²) >= 11 is 0. The van der Waals surface area contributed by atoms with Crippen molar-refractivity contribution >= 4 is 29.4 Å². The average molecular weight is 704 g/mol. The SMILES string of the molecule is CN1CCN(C2CCN(C(=O)[C@@H](Cc3cc(F)c(N)c(C(F)(F)F)c3)OC(=O)N3CCC(N4CCc5ccccc5NC4=O)CC3)CC2)CC1. The number of hydrogen-bond acceptors (Lipinski definition) is 7. The van der Waals surface area contributed by atoms with Crippen molar-refractivity contribution in [3.05, 3.63) is 58.9 Å². The number of fused-ring (bicyclic) bond motifs is 1. The molecule has 4 amide bonds. The molecule has 0 saturated carbocycles. The Morgan fingerprint density at radius 2 is 1.56 bits per heavy atom. The molecule has 2 aromatic rings. The fraction of sp³-hybridized carbons (Fsp3) is 0.571. The zero-order valence-electron chi connectivity index (χ0n) is 28.3. The number of benzene rings is 2. The van der Waals surface area contributed by atoms with Crippen LogP contribution in [0.4, 0.5) is 38.5 Å². The highest BCUT2D eigenvalue weighted by molar-refractivity contribution is 5.91. The number of likely N-dealkylation sites (tertiary alicyclic amines) is 2. The molecule has 11 nitrogen and oxygen atoms in total. The van der Waals surface area contributed by atoms with Crippen LogP contribution >= 0.6 is 0 Å². The van der Waals surface area contributed by atoms with Gasteiger partial charge in [0.1, 0.15) is 5.82 Å². The van der Waals surface area contributed by atoms with E-state index in [4.69, 9.17) is 10.5 Å². The van der Waals surface area contributed by atoms with Gasteiger partial charge in [-0.3, -0.25) is 9.69 Å². The summed E-state index contributed by atoms with van der Waals surface area (Å²) in [5.74, 6) is -1.79. The highest BCUT2D eigenvalue weighted by atomic mass is 19.4. The Morgan fingerprint density at radius 1 is 0.920 bits per heavy atom. The number of carbonyl (C=O) groups excluding carboxylic acids is 3. The fourth-order valence-corrected chi connectivity index (χ4v) is 7.56. The van der Waals surface area contributed by atoms with E-state index in [1.165, 1.54) is 4.90 Å². The first-order chi connectivity index (χ1) is 23.9. The topological polar surface area (TPSA) is 115 Å². The van der Waals surface area contributed by atoms with E-state index >= 15 is 0 Å². The number of para-hydroxylation sites is 1. The highest BCUT2D eigenvalue weighted by Gasteiger charge is 2.38. The summed E-state index contributed by atoms with van der Waals surface area (Å²) in [6, 6.07) is 9.19. The summed E-state index contributed by atoms with van der Waals surface area (Å²) < 4.78 is 61.5. The monoisotopic (exact) mass is 703 g/mol. The molecule has 6 rings (SSSR count). The first kappa shape index (κ1) is 35.7. The number of alkyl halides is 3. The Bertz CT molecular complexity index is 1550. The first-order valence-electron chi connectivity index (χ1n) is 17.3. The molecule has 0 aliphatic carbocycles. The van der Waals surface area contributed by atoms with Gasteiger partial charge in [-0.25, -0.2) is 14.0 Å². The van der Waals surface area contributed by atoms with Gasteiger partial charge >= 0.3 is 18.3 Å². The summed E-state index contributed by atoms with van der Waals surface area (Å²) in [5, 5.41) is 2.97. The number of nitrogens with one attached hydrogen (secondary N) is 1. The van der Waals surface area contributed by atoms with E-state index in [2.05, 4.69) is 22.2 Å². The molecule has 0 spiro atoms. The Hall–Kier alpha value is -4.11. The normalized spacial score (nSPS) is 21.0. The van der Waals surface area contributed by atoms with Gasteiger partial charge in [-0.1, -0.05) is 18.2 Å². The van der Waals surface area contributed by atoms with E-state index in [9.17, 15) is 31.9 Å². The molecule has 4 heterocycles. The summed E-state index contributed by atoms with van der Waals surface area (Å²) in [6.45, 7) is 5.65. The molecule has 0 bridgehead atoms. The minimum atomic E-state index is -4.92. The number of carbonyl (C=O) groups is 3. The van der Waals surface area contributed by atoms with E-state index in [1.54, 1.807) is 9.80 Å². The summed E-state index contributed by atoms with van der Waals surface area (Å²) in [6.07, 6.45) is -4.54. The third-order valence-corrected chi connectivity index (χ3v) is 10.6. The van der Waals surface area contributed by atoms with Crippen molar-refractivity contribution in [3.63, 3.8) is 0 Å². The maximum Gasteiger partial charge on any atom is 0.418 e. The minimum absolute atomic E-state index is 0.120. The number of rotatable bonds is 6. The van der Waals surface area contributed by atoms with Gasteiger partial charge < -0.3 is 35.4 Å². The molecule has 3 fully saturated rings. The average Bonchev–Trinajstić information content (AvgIpc) is 3.27. The van der Waals surface area contributed by atoms with Crippen LogP contribution in [0.5, 0.6) is 0 Å². The molecule has 3 saturated heterocycles. The highest BCUT2D eigenvalue weighted by Crippen LogP contribution is 2.36. The van der Waals surface area contributed by atoms with Crippen molar-refractivity contribution in [1.29, 1.82) is 0 Å². The lowest BCUT2D eigenvalue weighted by Crippen LogP contribution is -2.54. The van der Waals surface area contributed by atoms with Crippen LogP contribution in [0.15, 0.2) is 36.4 Å². The second-order valence-corrected chi connectivity index (χ2v) is 13.8. The Kier molecular flexibility index (Phi) is 10.7. The van der Waals surface area contributed by atoms with Gasteiger partial charge in [0.05, 0.1) is 11.3 Å². The number of piperidine rings is 2. The predicted molar refractivity (Wildman–Crippen MR) is 179 cm³/mol. The van der Waals surface area contributed by atoms with Crippen LogP contribution in [0.1, 0.15) is 42.4 Å². The van der Waals surface area contributed by atoms with Crippen LogP contribution in [-0.2, 0) is 28.5 Å². The molecule has 0 aromatic heterocycles. The number of likely N-dealkylation sites (N-methyl/N-ethyl adjacent to an activating group) is 1. The van der Waals surface area contributed by atoms with Gasteiger partial charge in [0.25, 0.3) is 5.91 Å². The third-order valence-electron chi connectivity index (χ3n) is 10.6. The second-order valence-electron chi connectivity index (χ2n) is 13.8. The van der Waals surface area contributed by atoms with Crippen LogP contribution < -0.4 is 11.1 Å². The van der Waals surface area contributed by atoms with Crippen molar-refractivity contribution in [2.75, 3.05) is 77.0 Å². The number of anilines is 2. The standard InChI is InChI=1S/C35H45F4N7O4/c1-42-16-18-43(19-17-42)25-7-11-44(12-8-25)32(47)30(22-23-20-27(35(37,38)39)31(40)28(36)21-23)50-34(49)45-13-9-26(10-14-45)46-15-6-24-4-2-3-5-29(24)41-33(46)48/h2-5,20-21,25-26,30H,6-19,22,40H2,1H3,(H,41,48)/t30-/m1/s1. The Morgan fingerprint density at radius 3 is 2.24 bits per heavy atom. The van der Waals surface area contributed by atoms with Gasteiger partial charge in [-0.2, -0.15) is 13.2 Å². The maximum atomic E-state index is 14.6. The number of piperazine rings is 1. The van der Waals surface area contributed by atoms with E-state index in [0.717, 1.165) is 43.5 Å². The number of hydrogen-bond donors (Lipinski definition) is 2. The maximum absolute atomic E-state index is 14.6. The van der Waals surface area contributed by atoms with Crippen molar-refractivity contribution in [2.24, 2.45) is 0 Å². The van der Waals surface area contributed by atoms with Gasteiger partial charge in [0.2, 0.25) is 0 Å². The molecule has 50 heavy (non-hydrogen) atoms. The Balaban J connectivity index is 1.12. The van der Waals surface area contributed by atoms with Crippen molar-refractivity contribution in [2.45, 2.75) is 62.9 Å². The lowest BCUT2D eigenvalue weighted by molar-refractivity contribution is -0.142. The van der Waals surface area contributed by atoms with Crippen LogP contribution in [0.2, 0.25) is 0 Å². The molecule has 4 aliphatic heterocycles. The molecule has 0 unspecified atom stereocenters. The quantitative estimate of drug-likeness (QED) is 0.342. The van der Waals surface area contributed by atoms with Crippen LogP contribution in [0, 0.1) is 5.82 Å². The smallest absolute Gasteiger partial charge is 0.418 e. The Labute approximate surface area is 289 Å². The number of halogens is 4. The van der Waals surface area contributed by atoms with E-state index in [-0.39, 0.29) is 30.7 Å². The lowest BCUT2D eigenvalue weighted by atomic mass is 9.99. The summed E-state index contributed by atoms with van der Waals surface area (Å²) in [4.78, 5) is 50.0. The summed E-state index contributed by atoms with van der Waals surface area (Å²) in [7, 11) is 2.08. The largest absolute Gasteiger partial charge is 0.436 e. The number of ether oxygens (including phenoxy) is 1. The van der Waals surface area contributed by atoms with Crippen molar-refractivity contribution in [3.8, 4) is 0 Å². The van der Waals surface area contributed by atoms with Gasteiger partial charge in [-0.05, 0) is 68.5 Å². The third kappa shape index (κ3) is 8.09. The minimum Gasteiger partial charge on any atom is -0.436 e. The van der Waals surface area contributed by atoms with Crippen LogP contribution in [-0.4, -0.2) is 127 Å². The fourth-order valence-electron chi connectivity index (χ4n) is 7.56. The molecule has 15 heteroatoms. The van der Waals surface area contributed by atoms with Crippen LogP contribution in [0.3, 0.4) is 0 Å². The molecule has 272 valence electrons. The second kappa shape index (κ2) is 15.0. The number of nitrogens with two attached hydrogens (primary N) is 1. The molecule has 0 radical (unpaired) electrons. The zero-order valence-corrected chi connectivity index (χ0v) is 28.3. The first-order valence-corrected chi connectivity index (χ1v) is 17.3. The number of amides is 4. The molecule has 3 N–H and O–H groups in total. The van der Waals surface area contributed by atoms with Crippen molar-refractivity contribution in [1.82, 2.24) is 24.5 Å². The zero-order chi connectivity index (χ0) is 35.6. The van der Waals surface area contributed by atoms with Crippen LogP contribution in [0.25, 0.3) is 0 Å². The van der Waals surface area contributed by atoms with Gasteiger partial charge in [0, 0.05) is 83.1 Å². The van der Waals surface area contributed by atoms with E-state index in [0.29, 0.717) is 63.8 Å². The number of nitrogen functional groups attached to an aromatic ring is 1. The van der Waals surface area contributed by atoms with E-state index < -0.39 is 47.8 Å². The van der Waals surface area contributed by atoms with Crippen molar-refractivity contribution < 1.29 is 36.7 Å². The molecular formula is C35H45F4N7O4.